The zero-order valence-corrected chi connectivity index (χ0v) is 14.6. The van der Waals surface area contributed by atoms with Gasteiger partial charge in [-0.05, 0) is 42.8 Å². The van der Waals surface area contributed by atoms with Crippen LogP contribution in [0.1, 0.15) is 28.9 Å². The van der Waals surface area contributed by atoms with E-state index in [1.807, 2.05) is 42.0 Å². The molecule has 0 spiro atoms. The van der Waals surface area contributed by atoms with Gasteiger partial charge >= 0.3 is 0 Å². The molecule has 6 heteroatoms. The van der Waals surface area contributed by atoms with Gasteiger partial charge in [-0.25, -0.2) is 4.98 Å². The summed E-state index contributed by atoms with van der Waals surface area (Å²) in [4.78, 5) is 16.4. The van der Waals surface area contributed by atoms with Crippen LogP contribution in [0.25, 0.3) is 5.69 Å². The van der Waals surface area contributed by atoms with Crippen LogP contribution in [-0.2, 0) is 0 Å². The molecular formula is C18H16BrN3O2. The Labute approximate surface area is 148 Å². The van der Waals surface area contributed by atoms with E-state index in [4.69, 9.17) is 0 Å². The van der Waals surface area contributed by atoms with Gasteiger partial charge in [0.15, 0.2) is 0 Å². The summed E-state index contributed by atoms with van der Waals surface area (Å²) < 4.78 is 2.65. The van der Waals surface area contributed by atoms with E-state index in [1.54, 1.807) is 24.7 Å². The zero-order valence-electron chi connectivity index (χ0n) is 13.0. The summed E-state index contributed by atoms with van der Waals surface area (Å²) in [6.45, 7) is 1.90. The van der Waals surface area contributed by atoms with Crippen molar-refractivity contribution in [3.05, 3.63) is 76.8 Å². The van der Waals surface area contributed by atoms with E-state index in [0.717, 1.165) is 15.7 Å². The molecule has 0 aliphatic rings. The summed E-state index contributed by atoms with van der Waals surface area (Å²) in [6.07, 6.45) is 5.33. The van der Waals surface area contributed by atoms with Crippen LogP contribution in [0.4, 0.5) is 0 Å². The van der Waals surface area contributed by atoms with Crippen LogP contribution in [0.5, 0.6) is 5.75 Å². The van der Waals surface area contributed by atoms with Gasteiger partial charge in [0, 0.05) is 22.6 Å². The SMILES string of the molecule is C[C@@H](NC(=O)c1cc(Br)ccc1O)c1ccc(-n2ccnc2)cc1. The molecule has 0 bridgehead atoms. The predicted octanol–water partition coefficient (Wildman–Crippen LogP) is 3.83. The van der Waals surface area contributed by atoms with E-state index in [2.05, 4.69) is 26.2 Å². The molecule has 5 nitrogen and oxygen atoms in total. The number of halogens is 1. The predicted molar refractivity (Wildman–Crippen MR) is 95.3 cm³/mol. The summed E-state index contributed by atoms with van der Waals surface area (Å²) in [5.74, 6) is -0.363. The van der Waals surface area contributed by atoms with E-state index in [0.29, 0.717) is 0 Å². The first-order chi connectivity index (χ1) is 11.5. The number of aromatic hydroxyl groups is 1. The smallest absolute Gasteiger partial charge is 0.255 e. The first kappa shape index (κ1) is 16.3. The molecule has 0 aliphatic heterocycles. The maximum absolute atomic E-state index is 12.4. The van der Waals surface area contributed by atoms with Crippen LogP contribution < -0.4 is 5.32 Å². The second-order valence-electron chi connectivity index (χ2n) is 5.42. The van der Waals surface area contributed by atoms with Gasteiger partial charge in [-0.2, -0.15) is 0 Å². The topological polar surface area (TPSA) is 67.2 Å². The largest absolute Gasteiger partial charge is 0.507 e. The van der Waals surface area contributed by atoms with E-state index in [1.165, 1.54) is 6.07 Å². The maximum atomic E-state index is 12.4. The van der Waals surface area contributed by atoms with E-state index >= 15 is 0 Å². The van der Waals surface area contributed by atoms with Crippen molar-refractivity contribution in [2.45, 2.75) is 13.0 Å². The highest BCUT2D eigenvalue weighted by Crippen LogP contribution is 2.23. The second-order valence-corrected chi connectivity index (χ2v) is 6.33. The van der Waals surface area contributed by atoms with Crippen molar-refractivity contribution in [3.8, 4) is 11.4 Å². The van der Waals surface area contributed by atoms with Crippen LogP contribution in [0.2, 0.25) is 0 Å². The molecule has 2 aromatic carbocycles. The Morgan fingerprint density at radius 2 is 2.00 bits per heavy atom. The number of nitrogens with zero attached hydrogens (tertiary/aromatic N) is 2. The first-order valence-corrected chi connectivity index (χ1v) is 8.21. The third-order valence-electron chi connectivity index (χ3n) is 3.75. The maximum Gasteiger partial charge on any atom is 0.255 e. The molecule has 122 valence electrons. The van der Waals surface area contributed by atoms with Crippen LogP contribution in [0.3, 0.4) is 0 Å². The lowest BCUT2D eigenvalue weighted by atomic mass is 10.1. The number of hydrogen-bond acceptors (Lipinski definition) is 3. The molecule has 0 unspecified atom stereocenters. The molecule has 0 saturated heterocycles. The van der Waals surface area contributed by atoms with E-state index in [9.17, 15) is 9.90 Å². The fourth-order valence-electron chi connectivity index (χ4n) is 2.39. The Hall–Kier alpha value is -2.60. The molecule has 24 heavy (non-hydrogen) atoms. The lowest BCUT2D eigenvalue weighted by Gasteiger charge is -2.15. The van der Waals surface area contributed by atoms with Gasteiger partial charge in [-0.15, -0.1) is 0 Å². The van der Waals surface area contributed by atoms with Crippen molar-refractivity contribution in [1.82, 2.24) is 14.9 Å². The van der Waals surface area contributed by atoms with Gasteiger partial charge in [-0.1, -0.05) is 28.1 Å². The van der Waals surface area contributed by atoms with Crippen molar-refractivity contribution < 1.29 is 9.90 Å². The highest BCUT2D eigenvalue weighted by molar-refractivity contribution is 9.10. The van der Waals surface area contributed by atoms with Gasteiger partial charge < -0.3 is 15.0 Å². The monoisotopic (exact) mass is 385 g/mol. The third kappa shape index (κ3) is 3.49. The van der Waals surface area contributed by atoms with Crippen molar-refractivity contribution in [2.24, 2.45) is 0 Å². The zero-order chi connectivity index (χ0) is 17.1. The Morgan fingerprint density at radius 3 is 2.67 bits per heavy atom. The minimum Gasteiger partial charge on any atom is -0.507 e. The Kier molecular flexibility index (Phi) is 4.66. The Balaban J connectivity index is 1.73. The number of imidazole rings is 1. The summed E-state index contributed by atoms with van der Waals surface area (Å²) in [5, 5.41) is 12.7. The number of phenolic OH excluding ortho intramolecular Hbond substituents is 1. The van der Waals surface area contributed by atoms with Gasteiger partial charge in [0.1, 0.15) is 5.75 Å². The second kappa shape index (κ2) is 6.88. The number of aromatic nitrogens is 2. The average molecular weight is 386 g/mol. The normalized spacial score (nSPS) is 11.9. The van der Waals surface area contributed by atoms with Gasteiger partial charge in [0.25, 0.3) is 5.91 Å². The lowest BCUT2D eigenvalue weighted by molar-refractivity contribution is 0.0937. The summed E-state index contributed by atoms with van der Waals surface area (Å²) in [7, 11) is 0. The third-order valence-corrected chi connectivity index (χ3v) is 4.24. The van der Waals surface area contributed by atoms with Crippen molar-refractivity contribution in [2.75, 3.05) is 0 Å². The molecule has 3 aromatic rings. The molecule has 0 saturated carbocycles. The molecule has 0 radical (unpaired) electrons. The van der Waals surface area contributed by atoms with Crippen LogP contribution >= 0.6 is 15.9 Å². The molecule has 0 fully saturated rings. The molecule has 1 amide bonds. The molecule has 3 rings (SSSR count). The molecule has 2 N–H and O–H groups in total. The number of hydrogen-bond donors (Lipinski definition) is 2. The van der Waals surface area contributed by atoms with Gasteiger partial charge in [-0.3, -0.25) is 4.79 Å². The summed E-state index contributed by atoms with van der Waals surface area (Å²) in [6, 6.07) is 12.4. The highest BCUT2D eigenvalue weighted by Gasteiger charge is 2.15. The molecule has 1 heterocycles. The fourth-order valence-corrected chi connectivity index (χ4v) is 2.76. The van der Waals surface area contributed by atoms with Gasteiger partial charge in [0.2, 0.25) is 0 Å². The van der Waals surface area contributed by atoms with E-state index < -0.39 is 0 Å². The number of carbonyl (C=O) groups excluding carboxylic acids is 1. The molecule has 0 aliphatic carbocycles. The Bertz CT molecular complexity index is 845. The number of carbonyl (C=O) groups is 1. The van der Waals surface area contributed by atoms with E-state index in [-0.39, 0.29) is 23.3 Å². The number of amides is 1. The van der Waals surface area contributed by atoms with Crippen LogP contribution in [0, 0.1) is 0 Å². The minimum absolute atomic E-state index is 0.0432. The number of benzene rings is 2. The number of phenols is 1. The van der Waals surface area contributed by atoms with Crippen molar-refractivity contribution in [3.63, 3.8) is 0 Å². The molecule has 1 aromatic heterocycles. The number of nitrogens with one attached hydrogen (secondary N) is 1. The van der Waals surface area contributed by atoms with Crippen molar-refractivity contribution in [1.29, 1.82) is 0 Å². The summed E-state index contributed by atoms with van der Waals surface area (Å²) >= 11 is 3.30. The summed E-state index contributed by atoms with van der Waals surface area (Å²) in [5.41, 5.74) is 2.22. The minimum atomic E-state index is -0.319. The first-order valence-electron chi connectivity index (χ1n) is 7.42. The molecule has 1 atom stereocenters. The van der Waals surface area contributed by atoms with Crippen LogP contribution in [-0.4, -0.2) is 20.6 Å². The van der Waals surface area contributed by atoms with Crippen LogP contribution in [0.15, 0.2) is 65.7 Å². The van der Waals surface area contributed by atoms with Gasteiger partial charge in [0.05, 0.1) is 17.9 Å². The fraction of sp³-hybridized carbons (Fsp3) is 0.111. The quantitative estimate of drug-likeness (QED) is 0.716. The van der Waals surface area contributed by atoms with Crippen molar-refractivity contribution >= 4 is 21.8 Å². The average Bonchev–Trinajstić information content (AvgIpc) is 3.11. The number of rotatable bonds is 4. The lowest BCUT2D eigenvalue weighted by Crippen LogP contribution is -2.26. The highest BCUT2D eigenvalue weighted by atomic mass is 79.9. The standard InChI is InChI=1S/C18H16BrN3O2/c1-12(21-18(24)16-10-14(19)4-7-17(16)23)13-2-5-15(6-3-13)22-9-8-20-11-22/h2-12,23H,1H3,(H,21,24)/t12-/m1/s1. The Morgan fingerprint density at radius 1 is 1.25 bits per heavy atom. The molecular weight excluding hydrogens is 370 g/mol.